The molecule has 0 radical (unpaired) electrons. The summed E-state index contributed by atoms with van der Waals surface area (Å²) in [5.74, 6) is -0.632. The van der Waals surface area contributed by atoms with Gasteiger partial charge in [0, 0.05) is 32.4 Å². The highest BCUT2D eigenvalue weighted by Gasteiger charge is 2.10. The van der Waals surface area contributed by atoms with Gasteiger partial charge in [-0.05, 0) is 23.8 Å². The predicted octanol–water partition coefficient (Wildman–Crippen LogP) is 3.41. The molecular weight excluding hydrogens is 273 g/mol. The van der Waals surface area contributed by atoms with Gasteiger partial charge in [-0.1, -0.05) is 12.1 Å². The van der Waals surface area contributed by atoms with Crippen LogP contribution in [-0.4, -0.2) is 19.0 Å². The lowest BCUT2D eigenvalue weighted by Gasteiger charge is -2.14. The molecule has 0 aromatic heterocycles. The van der Waals surface area contributed by atoms with Crippen molar-refractivity contribution in [3.63, 3.8) is 0 Å². The van der Waals surface area contributed by atoms with Gasteiger partial charge < -0.3 is 10.2 Å². The van der Waals surface area contributed by atoms with E-state index in [1.165, 1.54) is 12.1 Å². The summed E-state index contributed by atoms with van der Waals surface area (Å²) in [5, 5.41) is 13.5. The molecule has 0 aliphatic heterocycles. The molecule has 0 unspecified atom stereocenters. The highest BCUT2D eigenvalue weighted by molar-refractivity contribution is 5.52. The summed E-state index contributed by atoms with van der Waals surface area (Å²) in [6.07, 6.45) is 0. The first-order chi connectivity index (χ1) is 9.97. The van der Waals surface area contributed by atoms with Gasteiger partial charge in [0.15, 0.2) is 5.82 Å². The van der Waals surface area contributed by atoms with E-state index in [0.717, 1.165) is 17.3 Å². The number of anilines is 2. The number of nitrogens with one attached hydrogen (secondary N) is 1. The smallest absolute Gasteiger partial charge is 0.272 e. The van der Waals surface area contributed by atoms with Gasteiger partial charge in [-0.15, -0.1) is 0 Å². The molecule has 110 valence electrons. The van der Waals surface area contributed by atoms with Crippen LogP contribution in [0, 0.1) is 15.9 Å². The van der Waals surface area contributed by atoms with Gasteiger partial charge in [-0.3, -0.25) is 10.1 Å². The number of non-ortho nitro benzene ring substituents is 1. The Labute approximate surface area is 122 Å². The van der Waals surface area contributed by atoms with E-state index in [2.05, 4.69) is 5.32 Å². The fraction of sp³-hybridized carbons (Fsp3) is 0.200. The third kappa shape index (κ3) is 3.68. The fourth-order valence-corrected chi connectivity index (χ4v) is 1.90. The van der Waals surface area contributed by atoms with Gasteiger partial charge in [-0.2, -0.15) is 0 Å². The molecular formula is C15H16FN3O2. The quantitative estimate of drug-likeness (QED) is 0.677. The van der Waals surface area contributed by atoms with Crippen LogP contribution in [0.5, 0.6) is 0 Å². The first kappa shape index (κ1) is 14.8. The molecule has 6 heteroatoms. The molecule has 0 saturated carbocycles. The van der Waals surface area contributed by atoms with E-state index in [4.69, 9.17) is 0 Å². The standard InChI is InChI=1S/C15H16FN3O2/c1-18(2)12-5-3-4-11(8-12)10-17-15-7-6-13(19(20)21)9-14(15)16/h3-9,17H,10H2,1-2H3. The fourth-order valence-electron chi connectivity index (χ4n) is 1.90. The minimum Gasteiger partial charge on any atom is -0.379 e. The number of hydrogen-bond acceptors (Lipinski definition) is 4. The van der Waals surface area contributed by atoms with E-state index in [-0.39, 0.29) is 11.4 Å². The molecule has 0 heterocycles. The van der Waals surface area contributed by atoms with Gasteiger partial charge in [0.1, 0.15) is 0 Å². The summed E-state index contributed by atoms with van der Waals surface area (Å²) in [6.45, 7) is 0.441. The van der Waals surface area contributed by atoms with Gasteiger partial charge in [-0.25, -0.2) is 4.39 Å². The number of nitro benzene ring substituents is 1. The Hall–Kier alpha value is -2.63. The number of rotatable bonds is 5. The second-order valence-electron chi connectivity index (χ2n) is 4.84. The van der Waals surface area contributed by atoms with Crippen LogP contribution in [0.25, 0.3) is 0 Å². The molecule has 0 fully saturated rings. The Bertz CT molecular complexity index is 659. The molecule has 5 nitrogen and oxygen atoms in total. The molecule has 2 aromatic carbocycles. The summed E-state index contributed by atoms with van der Waals surface area (Å²) >= 11 is 0. The second kappa shape index (κ2) is 6.21. The number of nitrogens with zero attached hydrogens (tertiary/aromatic N) is 2. The first-order valence-corrected chi connectivity index (χ1v) is 6.41. The minimum atomic E-state index is -0.632. The summed E-state index contributed by atoms with van der Waals surface area (Å²) in [5.41, 5.74) is 2.04. The summed E-state index contributed by atoms with van der Waals surface area (Å²) < 4.78 is 13.7. The van der Waals surface area contributed by atoms with Crippen LogP contribution in [0.1, 0.15) is 5.56 Å². The zero-order chi connectivity index (χ0) is 15.4. The molecule has 21 heavy (non-hydrogen) atoms. The molecule has 0 aliphatic carbocycles. The third-order valence-electron chi connectivity index (χ3n) is 3.07. The topological polar surface area (TPSA) is 58.4 Å². The molecule has 0 saturated heterocycles. The van der Waals surface area contributed by atoms with E-state index < -0.39 is 10.7 Å². The van der Waals surface area contributed by atoms with Crippen molar-refractivity contribution in [1.29, 1.82) is 0 Å². The number of hydrogen-bond donors (Lipinski definition) is 1. The Kier molecular flexibility index (Phi) is 4.37. The first-order valence-electron chi connectivity index (χ1n) is 6.41. The van der Waals surface area contributed by atoms with Crippen LogP contribution < -0.4 is 10.2 Å². The minimum absolute atomic E-state index is 0.246. The molecule has 1 N–H and O–H groups in total. The van der Waals surface area contributed by atoms with Crippen molar-refractivity contribution in [3.05, 3.63) is 64.0 Å². The zero-order valence-electron chi connectivity index (χ0n) is 11.8. The van der Waals surface area contributed by atoms with E-state index in [1.54, 1.807) is 0 Å². The molecule has 0 atom stereocenters. The number of nitro groups is 1. The van der Waals surface area contributed by atoms with Gasteiger partial charge in [0.05, 0.1) is 16.7 Å². The van der Waals surface area contributed by atoms with Crippen molar-refractivity contribution in [1.82, 2.24) is 0 Å². The van der Waals surface area contributed by atoms with E-state index in [0.29, 0.717) is 6.54 Å². The monoisotopic (exact) mass is 289 g/mol. The van der Waals surface area contributed by atoms with Crippen LogP contribution >= 0.6 is 0 Å². The lowest BCUT2D eigenvalue weighted by molar-refractivity contribution is -0.385. The maximum atomic E-state index is 13.7. The zero-order valence-corrected chi connectivity index (χ0v) is 11.8. The Morgan fingerprint density at radius 2 is 2.00 bits per heavy atom. The molecule has 0 aliphatic rings. The molecule has 2 rings (SSSR count). The Morgan fingerprint density at radius 1 is 1.24 bits per heavy atom. The van der Waals surface area contributed by atoms with Crippen molar-refractivity contribution in [3.8, 4) is 0 Å². The molecule has 0 amide bonds. The normalized spacial score (nSPS) is 10.2. The summed E-state index contributed by atoms with van der Waals surface area (Å²) in [6, 6.07) is 11.4. The van der Waals surface area contributed by atoms with Crippen LogP contribution in [0.3, 0.4) is 0 Å². The average Bonchev–Trinajstić information content (AvgIpc) is 2.46. The van der Waals surface area contributed by atoms with Gasteiger partial charge in [0.2, 0.25) is 0 Å². The third-order valence-corrected chi connectivity index (χ3v) is 3.07. The van der Waals surface area contributed by atoms with E-state index >= 15 is 0 Å². The summed E-state index contributed by atoms with van der Waals surface area (Å²) in [7, 11) is 3.89. The Morgan fingerprint density at radius 3 is 2.62 bits per heavy atom. The molecule has 0 spiro atoms. The summed E-state index contributed by atoms with van der Waals surface area (Å²) in [4.78, 5) is 11.9. The molecule has 2 aromatic rings. The predicted molar refractivity (Wildman–Crippen MR) is 81.2 cm³/mol. The number of halogens is 1. The second-order valence-corrected chi connectivity index (χ2v) is 4.84. The van der Waals surface area contributed by atoms with Crippen LogP contribution in [0.4, 0.5) is 21.5 Å². The maximum Gasteiger partial charge on any atom is 0.272 e. The Balaban J connectivity index is 2.09. The highest BCUT2D eigenvalue weighted by atomic mass is 19.1. The lowest BCUT2D eigenvalue weighted by atomic mass is 10.2. The lowest BCUT2D eigenvalue weighted by Crippen LogP contribution is -2.09. The largest absolute Gasteiger partial charge is 0.379 e. The molecule has 0 bridgehead atoms. The van der Waals surface area contributed by atoms with E-state index in [1.807, 2.05) is 43.3 Å². The van der Waals surface area contributed by atoms with Crippen LogP contribution in [0.15, 0.2) is 42.5 Å². The number of benzene rings is 2. The van der Waals surface area contributed by atoms with Crippen LogP contribution in [-0.2, 0) is 6.54 Å². The SMILES string of the molecule is CN(C)c1cccc(CNc2ccc([N+](=O)[O-])cc2F)c1. The van der Waals surface area contributed by atoms with Crippen molar-refractivity contribution in [2.75, 3.05) is 24.3 Å². The maximum absolute atomic E-state index is 13.7. The van der Waals surface area contributed by atoms with Crippen LogP contribution in [0.2, 0.25) is 0 Å². The van der Waals surface area contributed by atoms with Crippen molar-refractivity contribution < 1.29 is 9.31 Å². The van der Waals surface area contributed by atoms with Gasteiger partial charge >= 0.3 is 0 Å². The highest BCUT2D eigenvalue weighted by Crippen LogP contribution is 2.21. The average molecular weight is 289 g/mol. The van der Waals surface area contributed by atoms with Gasteiger partial charge in [0.25, 0.3) is 5.69 Å². The van der Waals surface area contributed by atoms with E-state index in [9.17, 15) is 14.5 Å². The van der Waals surface area contributed by atoms with Crippen molar-refractivity contribution in [2.24, 2.45) is 0 Å². The van der Waals surface area contributed by atoms with Crippen molar-refractivity contribution >= 4 is 17.1 Å². The van der Waals surface area contributed by atoms with Crippen molar-refractivity contribution in [2.45, 2.75) is 6.54 Å².